The summed E-state index contributed by atoms with van der Waals surface area (Å²) in [5.74, 6) is 0.446. The number of hydrogen-bond acceptors (Lipinski definition) is 2. The first-order valence-corrected chi connectivity index (χ1v) is 9.72. The first-order valence-electron chi connectivity index (χ1n) is 9.72. The summed E-state index contributed by atoms with van der Waals surface area (Å²) in [6.07, 6.45) is 2.95. The van der Waals surface area contributed by atoms with E-state index < -0.39 is 0 Å². The average Bonchev–Trinajstić information content (AvgIpc) is 2.91. The largest absolute Gasteiger partial charge is 0.356 e. The molecule has 136 valence electrons. The highest BCUT2D eigenvalue weighted by atomic mass is 16.1. The van der Waals surface area contributed by atoms with Crippen molar-refractivity contribution in [3.63, 3.8) is 0 Å². The van der Waals surface area contributed by atoms with Crippen molar-refractivity contribution in [2.45, 2.75) is 53.1 Å². The minimum atomic E-state index is 0.195. The first-order chi connectivity index (χ1) is 12.2. The van der Waals surface area contributed by atoms with E-state index in [4.69, 9.17) is 0 Å². The molecule has 1 N–H and O–H groups in total. The summed E-state index contributed by atoms with van der Waals surface area (Å²) in [7, 11) is 0. The van der Waals surface area contributed by atoms with Gasteiger partial charge in [-0.1, -0.05) is 25.1 Å². The predicted molar refractivity (Wildman–Crippen MR) is 104 cm³/mol. The molecule has 4 heteroatoms. The minimum Gasteiger partial charge on any atom is -0.356 e. The van der Waals surface area contributed by atoms with E-state index >= 15 is 0 Å². The van der Waals surface area contributed by atoms with Crippen molar-refractivity contribution >= 4 is 16.8 Å². The Morgan fingerprint density at radius 3 is 2.60 bits per heavy atom. The normalized spacial score (nSPS) is 16.4. The molecule has 0 aliphatic carbocycles. The quantitative estimate of drug-likeness (QED) is 0.870. The topological polar surface area (TPSA) is 37.3 Å². The van der Waals surface area contributed by atoms with Gasteiger partial charge in [-0.3, -0.25) is 9.69 Å². The van der Waals surface area contributed by atoms with Gasteiger partial charge in [-0.25, -0.2) is 0 Å². The number of carbonyl (C=O) groups is 1. The Morgan fingerprint density at radius 2 is 1.92 bits per heavy atom. The summed E-state index contributed by atoms with van der Waals surface area (Å²) in [5, 5.41) is 4.43. The van der Waals surface area contributed by atoms with E-state index in [0.717, 1.165) is 52.0 Å². The second kappa shape index (κ2) is 8.05. The van der Waals surface area contributed by atoms with Crippen molar-refractivity contribution in [1.82, 2.24) is 14.8 Å². The maximum atomic E-state index is 12.2. The third-order valence-electron chi connectivity index (χ3n) is 5.57. The second-order valence-corrected chi connectivity index (χ2v) is 7.17. The lowest BCUT2D eigenvalue weighted by atomic mass is 9.95. The molecule has 1 amide bonds. The van der Waals surface area contributed by atoms with E-state index in [2.05, 4.69) is 59.8 Å². The predicted octanol–water partition coefficient (Wildman–Crippen LogP) is 3.71. The number of fused-ring (bicyclic) bond motifs is 1. The molecular weight excluding hydrogens is 310 g/mol. The number of nitrogens with one attached hydrogen (secondary N) is 1. The van der Waals surface area contributed by atoms with Crippen LogP contribution in [0.2, 0.25) is 0 Å². The molecule has 1 aromatic heterocycles. The number of hydrogen-bond donors (Lipinski definition) is 1. The Balaban J connectivity index is 1.68. The van der Waals surface area contributed by atoms with Crippen molar-refractivity contribution in [3.05, 3.63) is 35.5 Å². The molecule has 4 nitrogen and oxygen atoms in total. The third kappa shape index (κ3) is 3.74. The van der Waals surface area contributed by atoms with Gasteiger partial charge in [0.25, 0.3) is 0 Å². The van der Waals surface area contributed by atoms with Gasteiger partial charge in [0.1, 0.15) is 0 Å². The van der Waals surface area contributed by atoms with Gasteiger partial charge in [0.15, 0.2) is 0 Å². The number of likely N-dealkylation sites (tertiary alicyclic amines) is 1. The Kier molecular flexibility index (Phi) is 5.79. The van der Waals surface area contributed by atoms with Crippen LogP contribution in [-0.4, -0.2) is 35.0 Å². The highest BCUT2D eigenvalue weighted by Crippen LogP contribution is 2.28. The molecule has 0 spiro atoms. The lowest BCUT2D eigenvalue weighted by Gasteiger charge is -2.31. The fourth-order valence-corrected chi connectivity index (χ4v) is 4.08. The lowest BCUT2D eigenvalue weighted by Crippen LogP contribution is -2.40. The van der Waals surface area contributed by atoms with E-state index in [1.54, 1.807) is 0 Å². The lowest BCUT2D eigenvalue weighted by molar-refractivity contribution is -0.126. The molecule has 0 saturated carbocycles. The monoisotopic (exact) mass is 341 g/mol. The van der Waals surface area contributed by atoms with Crippen LogP contribution in [0.1, 0.15) is 44.4 Å². The Bertz CT molecular complexity index is 726. The second-order valence-electron chi connectivity index (χ2n) is 7.17. The van der Waals surface area contributed by atoms with E-state index in [1.807, 2.05) is 0 Å². The molecule has 1 saturated heterocycles. The van der Waals surface area contributed by atoms with E-state index in [0.29, 0.717) is 0 Å². The maximum Gasteiger partial charge on any atom is 0.223 e. The number of aryl methyl sites for hydroxylation is 1. The average molecular weight is 341 g/mol. The molecule has 1 aliphatic rings. The van der Waals surface area contributed by atoms with Crippen LogP contribution in [-0.2, 0) is 17.9 Å². The van der Waals surface area contributed by atoms with Crippen molar-refractivity contribution in [1.29, 1.82) is 0 Å². The third-order valence-corrected chi connectivity index (χ3v) is 5.57. The molecule has 0 unspecified atom stereocenters. The standard InChI is InChI=1S/C21H31N3O/c1-4-12-22-21(25)17-10-13-23(14-11-17)15-19-16(3)24(5-2)20-9-7-6-8-18(19)20/h6-9,17H,4-5,10-15H2,1-3H3,(H,22,25). The Morgan fingerprint density at radius 1 is 1.20 bits per heavy atom. The summed E-state index contributed by atoms with van der Waals surface area (Å²) < 4.78 is 2.41. The van der Waals surface area contributed by atoms with Gasteiger partial charge in [-0.05, 0) is 57.8 Å². The molecule has 1 aromatic carbocycles. The van der Waals surface area contributed by atoms with Gasteiger partial charge in [0, 0.05) is 42.1 Å². The zero-order chi connectivity index (χ0) is 17.8. The highest BCUT2D eigenvalue weighted by Gasteiger charge is 2.25. The number of carbonyl (C=O) groups excluding carboxylic acids is 1. The summed E-state index contributed by atoms with van der Waals surface area (Å²) in [6.45, 7) is 11.4. The van der Waals surface area contributed by atoms with E-state index in [-0.39, 0.29) is 11.8 Å². The summed E-state index contributed by atoms with van der Waals surface area (Å²) in [6, 6.07) is 8.72. The zero-order valence-corrected chi connectivity index (χ0v) is 15.8. The Hall–Kier alpha value is -1.81. The molecule has 0 atom stereocenters. The SMILES string of the molecule is CCCNC(=O)C1CCN(Cc2c(C)n(CC)c3ccccc23)CC1. The van der Waals surface area contributed by atoms with Gasteiger partial charge in [-0.2, -0.15) is 0 Å². The van der Waals surface area contributed by atoms with Gasteiger partial charge >= 0.3 is 0 Å². The maximum absolute atomic E-state index is 12.2. The van der Waals surface area contributed by atoms with Crippen LogP contribution < -0.4 is 5.32 Å². The first kappa shape index (κ1) is 18.0. The number of para-hydroxylation sites is 1. The van der Waals surface area contributed by atoms with Crippen LogP contribution in [0.3, 0.4) is 0 Å². The molecule has 0 radical (unpaired) electrons. The number of amides is 1. The molecule has 1 aliphatic heterocycles. The van der Waals surface area contributed by atoms with E-state index in [1.165, 1.54) is 22.2 Å². The van der Waals surface area contributed by atoms with Crippen LogP contribution in [0.4, 0.5) is 0 Å². The van der Waals surface area contributed by atoms with Gasteiger partial charge in [-0.15, -0.1) is 0 Å². The van der Waals surface area contributed by atoms with Gasteiger partial charge in [0.05, 0.1) is 0 Å². The van der Waals surface area contributed by atoms with Crippen LogP contribution in [0.25, 0.3) is 10.9 Å². The minimum absolute atomic E-state index is 0.195. The van der Waals surface area contributed by atoms with Crippen molar-refractivity contribution < 1.29 is 4.79 Å². The van der Waals surface area contributed by atoms with Crippen molar-refractivity contribution in [2.75, 3.05) is 19.6 Å². The zero-order valence-electron chi connectivity index (χ0n) is 15.8. The van der Waals surface area contributed by atoms with Crippen LogP contribution in [0, 0.1) is 12.8 Å². The van der Waals surface area contributed by atoms with Crippen LogP contribution in [0.15, 0.2) is 24.3 Å². The van der Waals surface area contributed by atoms with Gasteiger partial charge < -0.3 is 9.88 Å². The van der Waals surface area contributed by atoms with E-state index in [9.17, 15) is 4.79 Å². The fourth-order valence-electron chi connectivity index (χ4n) is 4.08. The molecule has 2 heterocycles. The summed E-state index contributed by atoms with van der Waals surface area (Å²) in [5.41, 5.74) is 4.17. The molecule has 0 bridgehead atoms. The molecule has 25 heavy (non-hydrogen) atoms. The van der Waals surface area contributed by atoms with Crippen molar-refractivity contribution in [2.24, 2.45) is 5.92 Å². The fraction of sp³-hybridized carbons (Fsp3) is 0.571. The number of aromatic nitrogens is 1. The van der Waals surface area contributed by atoms with Crippen LogP contribution in [0.5, 0.6) is 0 Å². The molecule has 2 aromatic rings. The number of benzene rings is 1. The van der Waals surface area contributed by atoms with Gasteiger partial charge in [0.2, 0.25) is 5.91 Å². The summed E-state index contributed by atoms with van der Waals surface area (Å²) >= 11 is 0. The molecule has 1 fully saturated rings. The molecule has 3 rings (SSSR count). The number of piperidine rings is 1. The van der Waals surface area contributed by atoms with Crippen LogP contribution >= 0.6 is 0 Å². The number of nitrogens with zero attached hydrogens (tertiary/aromatic N) is 2. The Labute approximate surface area is 151 Å². The molecular formula is C21H31N3O. The number of rotatable bonds is 6. The smallest absolute Gasteiger partial charge is 0.223 e. The summed E-state index contributed by atoms with van der Waals surface area (Å²) in [4.78, 5) is 14.7. The highest BCUT2D eigenvalue weighted by molar-refractivity contribution is 5.85. The van der Waals surface area contributed by atoms with Crippen molar-refractivity contribution in [3.8, 4) is 0 Å².